The number of anilines is 1. The van der Waals surface area contributed by atoms with Gasteiger partial charge in [-0.05, 0) is 44.1 Å². The van der Waals surface area contributed by atoms with E-state index in [0.29, 0.717) is 0 Å². The Morgan fingerprint density at radius 3 is 2.47 bits per heavy atom. The normalized spacial score (nSPS) is 27.7. The Hall–Kier alpha value is -3.30. The predicted octanol–water partition coefficient (Wildman–Crippen LogP) is 1.50. The maximum absolute atomic E-state index is 12.8. The molecule has 2 saturated carbocycles. The van der Waals surface area contributed by atoms with Crippen LogP contribution in [-0.4, -0.2) is 46.2 Å². The topological polar surface area (TPSA) is 136 Å². The summed E-state index contributed by atoms with van der Waals surface area (Å²) in [5.41, 5.74) is -0.00418. The molecule has 158 valence electrons. The number of non-ortho nitro benzene ring substituents is 1. The van der Waals surface area contributed by atoms with E-state index in [4.69, 9.17) is 4.74 Å². The van der Waals surface area contributed by atoms with Crippen LogP contribution < -0.4 is 5.32 Å². The summed E-state index contributed by atoms with van der Waals surface area (Å²) < 4.78 is 4.99. The Labute approximate surface area is 171 Å². The number of nitro benzene ring substituents is 1. The van der Waals surface area contributed by atoms with Gasteiger partial charge in [0.05, 0.1) is 16.8 Å². The summed E-state index contributed by atoms with van der Waals surface area (Å²) in [5.74, 6) is -2.41. The lowest BCUT2D eigenvalue weighted by molar-refractivity contribution is -0.384. The van der Waals surface area contributed by atoms with Gasteiger partial charge in [-0.15, -0.1) is 0 Å². The quantitative estimate of drug-likeness (QED) is 0.322. The summed E-state index contributed by atoms with van der Waals surface area (Å²) in [6.45, 7) is 0.778. The van der Waals surface area contributed by atoms with E-state index in [0.717, 1.165) is 24.2 Å². The molecule has 1 aromatic rings. The molecular formula is C20H21N3O7. The molecule has 1 heterocycles. The number of fused-ring (bicyclic) bond motifs is 5. The fourth-order valence-corrected chi connectivity index (χ4v) is 5.07. The van der Waals surface area contributed by atoms with E-state index in [1.165, 1.54) is 31.2 Å². The molecule has 1 saturated heterocycles. The van der Waals surface area contributed by atoms with Gasteiger partial charge in [0.25, 0.3) is 11.6 Å². The van der Waals surface area contributed by atoms with Gasteiger partial charge in [0.2, 0.25) is 11.8 Å². The highest BCUT2D eigenvalue weighted by atomic mass is 16.6. The number of nitrogens with zero attached hydrogens (tertiary/aromatic N) is 2. The van der Waals surface area contributed by atoms with Crippen molar-refractivity contribution >= 4 is 35.1 Å². The third kappa shape index (κ3) is 3.31. The number of nitrogens with one attached hydrogen (secondary N) is 1. The van der Waals surface area contributed by atoms with Gasteiger partial charge in [0, 0.05) is 17.8 Å². The number of rotatable bonds is 6. The number of hydrogen-bond donors (Lipinski definition) is 1. The molecule has 30 heavy (non-hydrogen) atoms. The van der Waals surface area contributed by atoms with Crippen molar-refractivity contribution < 1.29 is 28.8 Å². The molecule has 1 N–H and O–H groups in total. The van der Waals surface area contributed by atoms with Gasteiger partial charge in [0.15, 0.2) is 6.61 Å². The minimum absolute atomic E-state index is 0.187. The van der Waals surface area contributed by atoms with Crippen molar-refractivity contribution in [2.45, 2.75) is 32.2 Å². The van der Waals surface area contributed by atoms with Crippen LogP contribution in [0.1, 0.15) is 26.2 Å². The van der Waals surface area contributed by atoms with Gasteiger partial charge in [0.1, 0.15) is 6.04 Å². The summed E-state index contributed by atoms with van der Waals surface area (Å²) in [4.78, 5) is 61.1. The maximum Gasteiger partial charge on any atom is 0.329 e. The van der Waals surface area contributed by atoms with E-state index in [1.54, 1.807) is 0 Å². The molecule has 0 aromatic heterocycles. The van der Waals surface area contributed by atoms with Crippen molar-refractivity contribution in [2.24, 2.45) is 23.7 Å². The number of ether oxygens (including phenoxy) is 1. The summed E-state index contributed by atoms with van der Waals surface area (Å²) >= 11 is 0. The number of carbonyl (C=O) groups is 4. The van der Waals surface area contributed by atoms with E-state index in [1.807, 2.05) is 0 Å². The highest BCUT2D eigenvalue weighted by Gasteiger charge is 2.62. The lowest BCUT2D eigenvalue weighted by Crippen LogP contribution is -2.45. The Balaban J connectivity index is 1.33. The summed E-state index contributed by atoms with van der Waals surface area (Å²) in [6.07, 6.45) is 2.78. The monoisotopic (exact) mass is 415 g/mol. The molecule has 2 bridgehead atoms. The second-order valence-electron chi connectivity index (χ2n) is 8.07. The van der Waals surface area contributed by atoms with Crippen molar-refractivity contribution in [3.05, 3.63) is 34.4 Å². The van der Waals surface area contributed by atoms with Crippen LogP contribution in [0, 0.1) is 33.8 Å². The van der Waals surface area contributed by atoms with Crippen molar-refractivity contribution in [3.63, 3.8) is 0 Å². The van der Waals surface area contributed by atoms with Crippen molar-refractivity contribution in [1.82, 2.24) is 4.90 Å². The van der Waals surface area contributed by atoms with E-state index in [-0.39, 0.29) is 46.9 Å². The number of benzene rings is 1. The number of imide groups is 1. The molecule has 10 heteroatoms. The Morgan fingerprint density at radius 2 is 1.87 bits per heavy atom. The molecule has 1 aromatic carbocycles. The van der Waals surface area contributed by atoms with Crippen LogP contribution in [0.5, 0.6) is 0 Å². The van der Waals surface area contributed by atoms with Crippen molar-refractivity contribution in [3.8, 4) is 0 Å². The number of esters is 1. The van der Waals surface area contributed by atoms with Crippen LogP contribution in [0.25, 0.3) is 0 Å². The van der Waals surface area contributed by atoms with Gasteiger partial charge in [-0.1, -0.05) is 6.07 Å². The van der Waals surface area contributed by atoms with Gasteiger partial charge in [-0.3, -0.25) is 29.4 Å². The molecule has 3 aliphatic rings. The van der Waals surface area contributed by atoms with Crippen LogP contribution in [0.4, 0.5) is 11.4 Å². The SMILES string of the molecule is C[C@H](C(=O)OCC(=O)Nc1cccc([N+](=O)[O-])c1)N1C(=O)[C@H]2[C@H]3CC[C@@H](C3)[C@@H]2C1=O. The molecule has 10 nitrogen and oxygen atoms in total. The molecule has 1 aliphatic heterocycles. The van der Waals surface area contributed by atoms with Crippen LogP contribution >= 0.6 is 0 Å². The van der Waals surface area contributed by atoms with Gasteiger partial charge >= 0.3 is 5.97 Å². The summed E-state index contributed by atoms with van der Waals surface area (Å²) in [6, 6.07) is 4.22. The molecule has 2 aliphatic carbocycles. The lowest BCUT2D eigenvalue weighted by Gasteiger charge is -2.23. The van der Waals surface area contributed by atoms with Crippen molar-refractivity contribution in [1.29, 1.82) is 0 Å². The van der Waals surface area contributed by atoms with Crippen LogP contribution in [-0.2, 0) is 23.9 Å². The number of amides is 3. The number of likely N-dealkylation sites (tertiary alicyclic amines) is 1. The van der Waals surface area contributed by atoms with Gasteiger partial charge < -0.3 is 10.1 Å². The minimum atomic E-state index is -1.11. The number of hydrogen-bond acceptors (Lipinski definition) is 7. The largest absolute Gasteiger partial charge is 0.454 e. The van der Waals surface area contributed by atoms with Gasteiger partial charge in [-0.2, -0.15) is 0 Å². The first-order valence-corrected chi connectivity index (χ1v) is 9.85. The summed E-state index contributed by atoms with van der Waals surface area (Å²) in [5, 5.41) is 13.2. The van der Waals surface area contributed by atoms with Crippen LogP contribution in [0.3, 0.4) is 0 Å². The second-order valence-corrected chi connectivity index (χ2v) is 8.07. The van der Waals surface area contributed by atoms with E-state index < -0.39 is 29.4 Å². The zero-order valence-corrected chi connectivity index (χ0v) is 16.3. The van der Waals surface area contributed by atoms with Crippen LogP contribution in [0.2, 0.25) is 0 Å². The number of nitro groups is 1. The van der Waals surface area contributed by atoms with Crippen LogP contribution in [0.15, 0.2) is 24.3 Å². The second kappa shape index (κ2) is 7.51. The Morgan fingerprint density at radius 1 is 1.23 bits per heavy atom. The third-order valence-corrected chi connectivity index (χ3v) is 6.38. The molecule has 3 fully saturated rings. The smallest absolute Gasteiger partial charge is 0.329 e. The minimum Gasteiger partial charge on any atom is -0.454 e. The van der Waals surface area contributed by atoms with Crippen molar-refractivity contribution in [2.75, 3.05) is 11.9 Å². The average molecular weight is 415 g/mol. The highest BCUT2D eigenvalue weighted by molar-refractivity contribution is 6.08. The standard InChI is InChI=1S/C20H21N3O7/c1-10(22-18(25)16-11-5-6-12(7-11)17(16)19(22)26)20(27)30-9-15(24)21-13-3-2-4-14(8-13)23(28)29/h2-4,8,10-12,16-17H,5-7,9H2,1H3,(H,21,24)/t10-,11+,12+,16+,17+/m1/s1. The number of carbonyl (C=O) groups excluding carboxylic acids is 4. The molecule has 0 radical (unpaired) electrons. The fourth-order valence-electron chi connectivity index (χ4n) is 5.07. The first-order valence-electron chi connectivity index (χ1n) is 9.85. The third-order valence-electron chi connectivity index (χ3n) is 6.38. The molecule has 4 rings (SSSR count). The van der Waals surface area contributed by atoms with E-state index >= 15 is 0 Å². The first kappa shape index (κ1) is 20.0. The Bertz CT molecular complexity index is 918. The zero-order valence-electron chi connectivity index (χ0n) is 16.3. The molecular weight excluding hydrogens is 394 g/mol. The molecule has 5 atom stereocenters. The first-order chi connectivity index (χ1) is 14.3. The maximum atomic E-state index is 12.8. The molecule has 0 unspecified atom stereocenters. The predicted molar refractivity (Wildman–Crippen MR) is 102 cm³/mol. The average Bonchev–Trinajstić information content (AvgIpc) is 3.39. The highest BCUT2D eigenvalue weighted by Crippen LogP contribution is 2.56. The van der Waals surface area contributed by atoms with E-state index in [9.17, 15) is 29.3 Å². The molecule has 0 spiro atoms. The molecule has 3 amide bonds. The summed E-state index contributed by atoms with van der Waals surface area (Å²) in [7, 11) is 0. The van der Waals surface area contributed by atoms with E-state index in [2.05, 4.69) is 5.32 Å². The Kier molecular flexibility index (Phi) is 5.00. The lowest BCUT2D eigenvalue weighted by atomic mass is 9.81. The van der Waals surface area contributed by atoms with Gasteiger partial charge in [-0.25, -0.2) is 4.79 Å². The fraction of sp³-hybridized carbons (Fsp3) is 0.500. The zero-order chi connectivity index (χ0) is 21.6.